The van der Waals surface area contributed by atoms with Crippen molar-refractivity contribution in [2.45, 2.75) is 38.8 Å². The normalized spacial score (nSPS) is 15.5. The molecule has 1 aliphatic rings. The van der Waals surface area contributed by atoms with Crippen LogP contribution in [-0.2, 0) is 6.54 Å². The second-order valence-electron chi connectivity index (χ2n) is 6.83. The lowest BCUT2D eigenvalue weighted by molar-refractivity contribution is 0.320. The van der Waals surface area contributed by atoms with Crippen LogP contribution in [0, 0.1) is 4.77 Å². The van der Waals surface area contributed by atoms with Crippen molar-refractivity contribution in [1.29, 1.82) is 0 Å². The van der Waals surface area contributed by atoms with Crippen molar-refractivity contribution in [2.24, 2.45) is 5.10 Å². The third-order valence-corrected chi connectivity index (χ3v) is 5.38. The number of methoxy groups -OCH3 is 3. The molecule has 0 bridgehead atoms. The number of hydrazone groups is 1. The molecular formula is C20H26N4O5S. The summed E-state index contributed by atoms with van der Waals surface area (Å²) in [7, 11) is 4.64. The first-order chi connectivity index (χ1) is 14.5. The van der Waals surface area contributed by atoms with Crippen LogP contribution in [-0.4, -0.2) is 41.7 Å². The summed E-state index contributed by atoms with van der Waals surface area (Å²) in [6, 6.07) is 3.36. The average Bonchev–Trinajstić information content (AvgIpc) is 3.21. The molecule has 0 radical (unpaired) electrons. The van der Waals surface area contributed by atoms with Crippen LogP contribution in [0.1, 0.15) is 43.4 Å². The summed E-state index contributed by atoms with van der Waals surface area (Å²) < 4.78 is 18.1. The van der Waals surface area contributed by atoms with Crippen LogP contribution >= 0.6 is 12.2 Å². The molecule has 2 heterocycles. The van der Waals surface area contributed by atoms with E-state index in [1.165, 1.54) is 11.7 Å². The number of aromatic nitrogens is 2. The Morgan fingerprint density at radius 2 is 1.97 bits per heavy atom. The van der Waals surface area contributed by atoms with Crippen LogP contribution in [0.2, 0.25) is 0 Å². The fourth-order valence-electron chi connectivity index (χ4n) is 3.52. The summed E-state index contributed by atoms with van der Waals surface area (Å²) in [4.78, 5) is 15.2. The number of ether oxygens (including phenoxy) is 3. The summed E-state index contributed by atoms with van der Waals surface area (Å²) in [5, 5.41) is 15.1. The Kier molecular flexibility index (Phi) is 6.66. The Bertz CT molecular complexity index is 1080. The van der Waals surface area contributed by atoms with E-state index in [9.17, 15) is 9.90 Å². The van der Waals surface area contributed by atoms with E-state index in [0.29, 0.717) is 35.9 Å². The van der Waals surface area contributed by atoms with Gasteiger partial charge in [-0.15, -0.1) is 0 Å². The van der Waals surface area contributed by atoms with Crippen molar-refractivity contribution in [3.63, 3.8) is 0 Å². The van der Waals surface area contributed by atoms with Gasteiger partial charge >= 0.3 is 0 Å². The lowest BCUT2D eigenvalue weighted by Gasteiger charge is -2.19. The topological polar surface area (TPSA) is 110 Å². The Hall–Kier alpha value is -3.01. The van der Waals surface area contributed by atoms with Crippen molar-refractivity contribution >= 4 is 17.9 Å². The average molecular weight is 435 g/mol. The van der Waals surface area contributed by atoms with Crippen molar-refractivity contribution in [2.75, 3.05) is 21.3 Å². The van der Waals surface area contributed by atoms with Crippen LogP contribution < -0.4 is 25.2 Å². The first-order valence-electron chi connectivity index (χ1n) is 9.64. The van der Waals surface area contributed by atoms with Gasteiger partial charge in [0, 0.05) is 18.5 Å². The van der Waals surface area contributed by atoms with Gasteiger partial charge in [-0.2, -0.15) is 5.10 Å². The summed E-state index contributed by atoms with van der Waals surface area (Å²) in [6.07, 6.45) is 2.12. The van der Waals surface area contributed by atoms with E-state index >= 15 is 0 Å². The van der Waals surface area contributed by atoms with E-state index in [1.807, 2.05) is 13.0 Å². The second-order valence-corrected chi connectivity index (χ2v) is 7.22. The molecule has 1 aromatic heterocycles. The SMILES string of the molecule is CCCCn1c(O)c(C2=NN[C@@H](c3ccc(OC)c(OC)c3OC)C2)c(=O)[nH]c1=S. The summed E-state index contributed by atoms with van der Waals surface area (Å²) in [6.45, 7) is 2.55. The standard InChI is InChI=1S/C20H26N4O5S/c1-5-6-9-24-19(26)15(18(25)21-20(24)30)13-10-12(22-23-13)11-7-8-14(27-2)17(29-4)16(11)28-3/h7-8,12,22,26H,5-6,9-10H2,1-4H3,(H,21,25,30)/t12-/m1/s1. The number of rotatable bonds is 8. The van der Waals surface area contributed by atoms with Gasteiger partial charge in [0.1, 0.15) is 5.56 Å². The zero-order valence-corrected chi connectivity index (χ0v) is 18.3. The van der Waals surface area contributed by atoms with Gasteiger partial charge in [0.15, 0.2) is 16.3 Å². The van der Waals surface area contributed by atoms with Gasteiger partial charge in [-0.05, 0) is 30.8 Å². The fourth-order valence-corrected chi connectivity index (χ4v) is 3.79. The molecular weight excluding hydrogens is 408 g/mol. The molecule has 3 N–H and O–H groups in total. The van der Waals surface area contributed by atoms with Crippen LogP contribution in [0.25, 0.3) is 0 Å². The number of H-pyrrole nitrogens is 1. The van der Waals surface area contributed by atoms with Crippen LogP contribution in [0.3, 0.4) is 0 Å². The van der Waals surface area contributed by atoms with Gasteiger partial charge < -0.3 is 24.7 Å². The van der Waals surface area contributed by atoms with Crippen molar-refractivity contribution < 1.29 is 19.3 Å². The van der Waals surface area contributed by atoms with E-state index in [1.54, 1.807) is 20.3 Å². The van der Waals surface area contributed by atoms with E-state index in [-0.39, 0.29) is 22.3 Å². The molecule has 0 amide bonds. The summed E-state index contributed by atoms with van der Waals surface area (Å²) in [5.74, 6) is 1.37. The predicted octanol–water partition coefficient (Wildman–Crippen LogP) is 2.88. The molecule has 0 spiro atoms. The van der Waals surface area contributed by atoms with Gasteiger partial charge in [-0.3, -0.25) is 14.3 Å². The monoisotopic (exact) mass is 434 g/mol. The smallest absolute Gasteiger partial charge is 0.264 e. The lowest BCUT2D eigenvalue weighted by Crippen LogP contribution is -2.23. The number of unbranched alkanes of at least 4 members (excludes halogenated alkanes) is 1. The number of hydrogen-bond donors (Lipinski definition) is 3. The molecule has 9 nitrogen and oxygen atoms in total. The zero-order valence-electron chi connectivity index (χ0n) is 17.4. The van der Waals surface area contributed by atoms with Crippen molar-refractivity contribution in [3.05, 3.63) is 38.4 Å². The van der Waals surface area contributed by atoms with Gasteiger partial charge in [-0.1, -0.05) is 13.3 Å². The molecule has 0 aliphatic carbocycles. The Morgan fingerprint density at radius 3 is 2.60 bits per heavy atom. The highest BCUT2D eigenvalue weighted by Crippen LogP contribution is 2.43. The minimum Gasteiger partial charge on any atom is -0.494 e. The predicted molar refractivity (Wildman–Crippen MR) is 116 cm³/mol. The van der Waals surface area contributed by atoms with E-state index in [2.05, 4.69) is 15.5 Å². The third kappa shape index (κ3) is 3.87. The molecule has 1 atom stereocenters. The highest BCUT2D eigenvalue weighted by molar-refractivity contribution is 7.71. The number of aromatic amines is 1. The van der Waals surface area contributed by atoms with Gasteiger partial charge in [0.05, 0.1) is 33.1 Å². The van der Waals surface area contributed by atoms with Gasteiger partial charge in [0.25, 0.3) is 5.56 Å². The molecule has 162 valence electrons. The molecule has 3 rings (SSSR count). The van der Waals surface area contributed by atoms with E-state index in [0.717, 1.165) is 18.4 Å². The maximum atomic E-state index is 12.6. The number of nitrogens with one attached hydrogen (secondary N) is 2. The van der Waals surface area contributed by atoms with Gasteiger partial charge in [-0.25, -0.2) is 0 Å². The zero-order chi connectivity index (χ0) is 21.8. The van der Waals surface area contributed by atoms with E-state index in [4.69, 9.17) is 26.4 Å². The van der Waals surface area contributed by atoms with Gasteiger partial charge in [0.2, 0.25) is 11.6 Å². The largest absolute Gasteiger partial charge is 0.494 e. The van der Waals surface area contributed by atoms with Crippen molar-refractivity contribution in [1.82, 2.24) is 15.0 Å². The number of benzene rings is 1. The molecule has 2 aromatic rings. The summed E-state index contributed by atoms with van der Waals surface area (Å²) in [5.41, 5.74) is 3.92. The Balaban J connectivity index is 1.97. The number of hydrogen-bond acceptors (Lipinski definition) is 8. The Morgan fingerprint density at radius 1 is 1.23 bits per heavy atom. The second kappa shape index (κ2) is 9.21. The minimum absolute atomic E-state index is 0.120. The first-order valence-corrected chi connectivity index (χ1v) is 10.0. The molecule has 1 aliphatic heterocycles. The quantitative estimate of drug-likeness (QED) is 0.548. The van der Waals surface area contributed by atoms with Crippen molar-refractivity contribution in [3.8, 4) is 23.1 Å². The minimum atomic E-state index is -0.467. The van der Waals surface area contributed by atoms with Crippen LogP contribution in [0.5, 0.6) is 23.1 Å². The highest BCUT2D eigenvalue weighted by atomic mass is 32.1. The lowest BCUT2D eigenvalue weighted by atomic mass is 9.98. The molecule has 0 unspecified atom stereocenters. The molecule has 10 heteroatoms. The third-order valence-electron chi connectivity index (χ3n) is 5.06. The fraction of sp³-hybridized carbons (Fsp3) is 0.450. The number of aromatic hydroxyl groups is 1. The molecule has 1 aromatic carbocycles. The number of nitrogens with zero attached hydrogens (tertiary/aromatic N) is 2. The maximum absolute atomic E-state index is 12.6. The first kappa shape index (κ1) is 21.7. The Labute approximate surface area is 179 Å². The molecule has 30 heavy (non-hydrogen) atoms. The van der Waals surface area contributed by atoms with Crippen LogP contribution in [0.15, 0.2) is 22.0 Å². The van der Waals surface area contributed by atoms with Crippen LogP contribution in [0.4, 0.5) is 0 Å². The highest BCUT2D eigenvalue weighted by Gasteiger charge is 2.30. The molecule has 0 saturated carbocycles. The molecule has 0 fully saturated rings. The van der Waals surface area contributed by atoms with E-state index < -0.39 is 5.56 Å². The maximum Gasteiger partial charge on any atom is 0.264 e. The summed E-state index contributed by atoms with van der Waals surface area (Å²) >= 11 is 5.21. The molecule has 0 saturated heterocycles.